The molecule has 1 aromatic carbocycles. The van der Waals surface area contributed by atoms with Crippen molar-refractivity contribution in [2.75, 3.05) is 0 Å². The molecule has 5 heteroatoms. The first-order valence-electron chi connectivity index (χ1n) is 5.70. The van der Waals surface area contributed by atoms with Gasteiger partial charge in [0.05, 0.1) is 18.1 Å². The SMILES string of the molecule is Cc1ccc2ccc(=O)n3c2c1[C@H](NC(=O)O)C3. The maximum absolute atomic E-state index is 11.8. The number of carbonyl (C=O) groups is 1. The smallest absolute Gasteiger partial charge is 0.405 e. The van der Waals surface area contributed by atoms with Crippen molar-refractivity contribution in [1.82, 2.24) is 9.88 Å². The van der Waals surface area contributed by atoms with Crippen LogP contribution < -0.4 is 10.9 Å². The Morgan fingerprint density at radius 3 is 2.83 bits per heavy atom. The molecule has 0 spiro atoms. The number of carboxylic acid groups (broad SMARTS) is 1. The fraction of sp³-hybridized carbons (Fsp3) is 0.231. The number of benzene rings is 1. The molecule has 0 saturated heterocycles. The van der Waals surface area contributed by atoms with Crippen LogP contribution >= 0.6 is 0 Å². The molecule has 0 saturated carbocycles. The maximum atomic E-state index is 11.8. The molecule has 5 nitrogen and oxygen atoms in total. The van der Waals surface area contributed by atoms with E-state index in [9.17, 15) is 9.59 Å². The van der Waals surface area contributed by atoms with E-state index in [1.54, 1.807) is 10.6 Å². The van der Waals surface area contributed by atoms with Crippen molar-refractivity contribution in [2.24, 2.45) is 0 Å². The predicted octanol–water partition coefficient (Wildman–Crippen LogP) is 1.63. The van der Waals surface area contributed by atoms with Crippen molar-refractivity contribution in [3.8, 4) is 0 Å². The molecule has 1 aromatic heterocycles. The summed E-state index contributed by atoms with van der Waals surface area (Å²) in [6, 6.07) is 6.85. The Balaban J connectivity index is 2.31. The van der Waals surface area contributed by atoms with E-state index in [1.165, 1.54) is 6.07 Å². The van der Waals surface area contributed by atoms with Crippen LogP contribution in [0.15, 0.2) is 29.1 Å². The van der Waals surface area contributed by atoms with E-state index in [0.717, 1.165) is 22.0 Å². The van der Waals surface area contributed by atoms with Crippen LogP contribution in [0.2, 0.25) is 0 Å². The van der Waals surface area contributed by atoms with Crippen molar-refractivity contribution in [2.45, 2.75) is 19.5 Å². The van der Waals surface area contributed by atoms with E-state index in [4.69, 9.17) is 5.11 Å². The lowest BCUT2D eigenvalue weighted by Crippen LogP contribution is -2.28. The van der Waals surface area contributed by atoms with E-state index in [2.05, 4.69) is 5.32 Å². The van der Waals surface area contributed by atoms with Crippen LogP contribution in [0.1, 0.15) is 17.2 Å². The molecule has 3 rings (SSSR count). The summed E-state index contributed by atoms with van der Waals surface area (Å²) in [5, 5.41) is 12.3. The molecule has 18 heavy (non-hydrogen) atoms. The van der Waals surface area contributed by atoms with Crippen LogP contribution in [0.4, 0.5) is 4.79 Å². The van der Waals surface area contributed by atoms with Crippen LogP contribution in [0.5, 0.6) is 0 Å². The fourth-order valence-electron chi connectivity index (χ4n) is 2.68. The Hall–Kier alpha value is -2.30. The average Bonchev–Trinajstić information content (AvgIpc) is 2.67. The Kier molecular flexibility index (Phi) is 2.16. The van der Waals surface area contributed by atoms with E-state index in [0.29, 0.717) is 6.54 Å². The van der Waals surface area contributed by atoms with Gasteiger partial charge >= 0.3 is 6.09 Å². The molecule has 0 fully saturated rings. The molecular weight excluding hydrogens is 232 g/mol. The topological polar surface area (TPSA) is 71.3 Å². The van der Waals surface area contributed by atoms with Gasteiger partial charge in [-0.15, -0.1) is 0 Å². The van der Waals surface area contributed by atoms with Crippen LogP contribution in [-0.2, 0) is 6.54 Å². The largest absolute Gasteiger partial charge is 0.465 e. The van der Waals surface area contributed by atoms with Gasteiger partial charge in [0.1, 0.15) is 0 Å². The molecule has 1 aliphatic rings. The molecule has 2 aromatic rings. The van der Waals surface area contributed by atoms with Gasteiger partial charge in [-0.2, -0.15) is 0 Å². The van der Waals surface area contributed by atoms with Crippen LogP contribution in [0.25, 0.3) is 10.9 Å². The Labute approximate surface area is 103 Å². The van der Waals surface area contributed by atoms with Crippen molar-refractivity contribution < 1.29 is 9.90 Å². The molecule has 1 atom stereocenters. The summed E-state index contributed by atoms with van der Waals surface area (Å²) in [5.74, 6) is 0. The first-order chi connectivity index (χ1) is 8.58. The third-order valence-corrected chi connectivity index (χ3v) is 3.42. The normalized spacial score (nSPS) is 17.1. The summed E-state index contributed by atoms with van der Waals surface area (Å²) in [7, 11) is 0. The van der Waals surface area contributed by atoms with Gasteiger partial charge in [0, 0.05) is 11.6 Å². The van der Waals surface area contributed by atoms with Gasteiger partial charge in [0.15, 0.2) is 0 Å². The molecule has 1 amide bonds. The number of nitrogens with zero attached hydrogens (tertiary/aromatic N) is 1. The first-order valence-corrected chi connectivity index (χ1v) is 5.70. The predicted molar refractivity (Wildman–Crippen MR) is 66.8 cm³/mol. The fourth-order valence-corrected chi connectivity index (χ4v) is 2.68. The average molecular weight is 244 g/mol. The number of rotatable bonds is 1. The minimum Gasteiger partial charge on any atom is -0.465 e. The van der Waals surface area contributed by atoms with Gasteiger partial charge in [-0.25, -0.2) is 4.79 Å². The number of hydrogen-bond acceptors (Lipinski definition) is 2. The van der Waals surface area contributed by atoms with E-state index in [1.807, 2.05) is 19.1 Å². The second-order valence-electron chi connectivity index (χ2n) is 4.52. The third-order valence-electron chi connectivity index (χ3n) is 3.42. The highest BCUT2D eigenvalue weighted by molar-refractivity contribution is 5.86. The first kappa shape index (κ1) is 10.8. The minimum absolute atomic E-state index is 0.0935. The number of amides is 1. The zero-order valence-corrected chi connectivity index (χ0v) is 9.80. The van der Waals surface area contributed by atoms with Gasteiger partial charge < -0.3 is 15.0 Å². The van der Waals surface area contributed by atoms with E-state index >= 15 is 0 Å². The Morgan fingerprint density at radius 1 is 1.39 bits per heavy atom. The number of aromatic nitrogens is 1. The van der Waals surface area contributed by atoms with Crippen LogP contribution in [0, 0.1) is 6.92 Å². The second-order valence-corrected chi connectivity index (χ2v) is 4.52. The molecule has 1 aliphatic heterocycles. The lowest BCUT2D eigenvalue weighted by Gasteiger charge is -2.12. The third kappa shape index (κ3) is 1.40. The van der Waals surface area contributed by atoms with Gasteiger partial charge in [0.25, 0.3) is 5.56 Å². The molecule has 92 valence electrons. The summed E-state index contributed by atoms with van der Waals surface area (Å²) >= 11 is 0. The molecule has 2 N–H and O–H groups in total. The van der Waals surface area contributed by atoms with Crippen molar-refractivity contribution in [1.29, 1.82) is 0 Å². The number of nitrogens with one attached hydrogen (secondary N) is 1. The molecule has 0 bridgehead atoms. The summed E-state index contributed by atoms with van der Waals surface area (Å²) in [4.78, 5) is 22.7. The van der Waals surface area contributed by atoms with E-state index < -0.39 is 6.09 Å². The van der Waals surface area contributed by atoms with Gasteiger partial charge in [-0.1, -0.05) is 12.1 Å². The van der Waals surface area contributed by atoms with E-state index in [-0.39, 0.29) is 11.6 Å². The Bertz CT molecular complexity index is 718. The van der Waals surface area contributed by atoms with Gasteiger partial charge in [0.2, 0.25) is 0 Å². The monoisotopic (exact) mass is 244 g/mol. The highest BCUT2D eigenvalue weighted by Gasteiger charge is 2.27. The number of hydrogen-bond donors (Lipinski definition) is 2. The number of pyridine rings is 1. The molecular formula is C13H12N2O3. The zero-order chi connectivity index (χ0) is 12.9. The summed E-state index contributed by atoms with van der Waals surface area (Å²) in [6.07, 6.45) is -1.07. The quantitative estimate of drug-likeness (QED) is 0.801. The highest BCUT2D eigenvalue weighted by atomic mass is 16.4. The van der Waals surface area contributed by atoms with Crippen molar-refractivity contribution in [3.63, 3.8) is 0 Å². The molecule has 0 radical (unpaired) electrons. The number of aryl methyl sites for hydroxylation is 1. The summed E-state index contributed by atoms with van der Waals surface area (Å²) in [6.45, 7) is 2.29. The van der Waals surface area contributed by atoms with Crippen molar-refractivity contribution in [3.05, 3.63) is 45.7 Å². The highest BCUT2D eigenvalue weighted by Crippen LogP contribution is 2.33. The Morgan fingerprint density at radius 2 is 2.11 bits per heavy atom. The summed E-state index contributed by atoms with van der Waals surface area (Å²) in [5.41, 5.74) is 2.66. The lowest BCUT2D eigenvalue weighted by molar-refractivity contribution is 0.189. The maximum Gasteiger partial charge on any atom is 0.405 e. The van der Waals surface area contributed by atoms with Gasteiger partial charge in [-0.05, 0) is 23.9 Å². The summed E-state index contributed by atoms with van der Waals surface area (Å²) < 4.78 is 1.64. The van der Waals surface area contributed by atoms with Crippen LogP contribution in [-0.4, -0.2) is 15.8 Å². The molecule has 2 heterocycles. The van der Waals surface area contributed by atoms with Crippen molar-refractivity contribution >= 4 is 17.0 Å². The molecule has 0 unspecified atom stereocenters. The zero-order valence-electron chi connectivity index (χ0n) is 9.80. The van der Waals surface area contributed by atoms with Crippen LogP contribution in [0.3, 0.4) is 0 Å². The second kappa shape index (κ2) is 3.60. The lowest BCUT2D eigenvalue weighted by atomic mass is 10.0. The standard InChI is InChI=1S/C13H12N2O3/c1-7-2-3-8-4-5-10(16)15-6-9(14-13(17)18)11(7)12(8)15/h2-5,9,14H,6H2,1H3,(H,17,18)/t9-/m1/s1. The van der Waals surface area contributed by atoms with Gasteiger partial charge in [-0.3, -0.25) is 4.79 Å². The minimum atomic E-state index is -1.07. The molecule has 0 aliphatic carbocycles.